The molecular weight excluding hydrogens is 276 g/mol. The number of nitrogens with zero attached hydrogens (tertiary/aromatic N) is 1. The van der Waals surface area contributed by atoms with Gasteiger partial charge in [0, 0.05) is 19.1 Å². The average Bonchev–Trinajstić information content (AvgIpc) is 2.36. The standard InChI is InChI=1S/C14H30N2O3S/c1-12(2)15-11-14-5-7-16(8-6-14)20(17,18)10-9-19-13(3)4/h12-15H,5-11H2,1-4H3. The monoisotopic (exact) mass is 306 g/mol. The van der Waals surface area contributed by atoms with E-state index in [2.05, 4.69) is 19.2 Å². The summed E-state index contributed by atoms with van der Waals surface area (Å²) in [4.78, 5) is 0. The Bertz CT molecular complexity index is 361. The van der Waals surface area contributed by atoms with Gasteiger partial charge in [0.1, 0.15) is 0 Å². The van der Waals surface area contributed by atoms with Gasteiger partial charge in [0.05, 0.1) is 18.5 Å². The van der Waals surface area contributed by atoms with Gasteiger partial charge in [0.2, 0.25) is 10.0 Å². The number of nitrogens with one attached hydrogen (secondary N) is 1. The molecule has 1 N–H and O–H groups in total. The smallest absolute Gasteiger partial charge is 0.216 e. The third-order valence-corrected chi connectivity index (χ3v) is 5.41. The highest BCUT2D eigenvalue weighted by Gasteiger charge is 2.27. The quantitative estimate of drug-likeness (QED) is 0.737. The molecular formula is C14H30N2O3S. The second-order valence-electron chi connectivity index (χ2n) is 6.14. The third-order valence-electron chi connectivity index (χ3n) is 3.57. The van der Waals surface area contributed by atoms with Crippen molar-refractivity contribution in [1.29, 1.82) is 0 Å². The van der Waals surface area contributed by atoms with E-state index in [4.69, 9.17) is 4.74 Å². The molecule has 1 saturated heterocycles. The predicted octanol–water partition coefficient (Wildman–Crippen LogP) is 1.45. The first-order valence-corrected chi connectivity index (χ1v) is 9.25. The van der Waals surface area contributed by atoms with Gasteiger partial charge in [0.15, 0.2) is 0 Å². The lowest BCUT2D eigenvalue weighted by molar-refractivity contribution is 0.0905. The molecule has 0 unspecified atom stereocenters. The maximum atomic E-state index is 12.2. The molecule has 1 fully saturated rings. The lowest BCUT2D eigenvalue weighted by Gasteiger charge is -2.31. The fraction of sp³-hybridized carbons (Fsp3) is 1.00. The van der Waals surface area contributed by atoms with Gasteiger partial charge in [-0.05, 0) is 39.2 Å². The van der Waals surface area contributed by atoms with E-state index in [1.165, 1.54) is 0 Å². The molecule has 0 amide bonds. The van der Waals surface area contributed by atoms with E-state index < -0.39 is 10.0 Å². The molecule has 1 heterocycles. The Morgan fingerprint density at radius 3 is 2.30 bits per heavy atom. The van der Waals surface area contributed by atoms with Crippen LogP contribution < -0.4 is 5.32 Å². The summed E-state index contributed by atoms with van der Waals surface area (Å²) >= 11 is 0. The summed E-state index contributed by atoms with van der Waals surface area (Å²) in [7, 11) is -3.15. The molecule has 1 aliphatic rings. The Hall–Kier alpha value is -0.170. The summed E-state index contributed by atoms with van der Waals surface area (Å²) in [5.74, 6) is 0.691. The first kappa shape index (κ1) is 17.9. The summed E-state index contributed by atoms with van der Waals surface area (Å²) < 4.78 is 31.3. The Morgan fingerprint density at radius 2 is 1.80 bits per heavy atom. The van der Waals surface area contributed by atoms with Crippen molar-refractivity contribution in [2.45, 2.75) is 52.7 Å². The number of hydrogen-bond acceptors (Lipinski definition) is 4. The van der Waals surface area contributed by atoms with Crippen molar-refractivity contribution in [2.24, 2.45) is 5.92 Å². The molecule has 0 aromatic heterocycles. The molecule has 0 saturated carbocycles. The lowest BCUT2D eigenvalue weighted by atomic mass is 9.98. The topological polar surface area (TPSA) is 58.6 Å². The predicted molar refractivity (Wildman–Crippen MR) is 82.3 cm³/mol. The highest BCUT2D eigenvalue weighted by molar-refractivity contribution is 7.89. The van der Waals surface area contributed by atoms with E-state index in [1.807, 2.05) is 13.8 Å². The van der Waals surface area contributed by atoms with Crippen LogP contribution in [0.5, 0.6) is 0 Å². The Kier molecular flexibility index (Phi) is 7.43. The normalized spacial score (nSPS) is 19.1. The lowest BCUT2D eigenvalue weighted by Crippen LogP contribution is -2.43. The van der Waals surface area contributed by atoms with Crippen LogP contribution in [0.2, 0.25) is 0 Å². The first-order valence-electron chi connectivity index (χ1n) is 7.64. The highest BCUT2D eigenvalue weighted by Crippen LogP contribution is 2.19. The van der Waals surface area contributed by atoms with Crippen LogP contribution in [0.25, 0.3) is 0 Å². The number of hydrogen-bond donors (Lipinski definition) is 1. The van der Waals surface area contributed by atoms with Crippen LogP contribution in [-0.2, 0) is 14.8 Å². The molecule has 0 bridgehead atoms. The minimum absolute atomic E-state index is 0.0815. The second kappa shape index (κ2) is 8.32. The van der Waals surface area contributed by atoms with Crippen LogP contribution >= 0.6 is 0 Å². The molecule has 0 aliphatic carbocycles. The van der Waals surface area contributed by atoms with Gasteiger partial charge in [-0.25, -0.2) is 12.7 Å². The molecule has 0 aromatic carbocycles. The van der Waals surface area contributed by atoms with Crippen LogP contribution in [0.3, 0.4) is 0 Å². The van der Waals surface area contributed by atoms with E-state index >= 15 is 0 Å². The molecule has 1 aliphatic heterocycles. The Balaban J connectivity index is 2.32. The fourth-order valence-corrected chi connectivity index (χ4v) is 3.64. The van der Waals surface area contributed by atoms with Gasteiger partial charge in [0.25, 0.3) is 0 Å². The molecule has 1 rings (SSSR count). The van der Waals surface area contributed by atoms with Gasteiger partial charge in [-0.3, -0.25) is 0 Å². The van der Waals surface area contributed by atoms with E-state index in [9.17, 15) is 8.42 Å². The van der Waals surface area contributed by atoms with Gasteiger partial charge in [-0.2, -0.15) is 0 Å². The van der Waals surface area contributed by atoms with Crippen molar-refractivity contribution >= 4 is 10.0 Å². The highest BCUT2D eigenvalue weighted by atomic mass is 32.2. The van der Waals surface area contributed by atoms with Crippen LogP contribution in [-0.4, -0.2) is 56.9 Å². The molecule has 0 aromatic rings. The van der Waals surface area contributed by atoms with Gasteiger partial charge in [-0.1, -0.05) is 13.8 Å². The van der Waals surface area contributed by atoms with E-state index in [0.29, 0.717) is 25.0 Å². The van der Waals surface area contributed by atoms with Gasteiger partial charge < -0.3 is 10.1 Å². The van der Waals surface area contributed by atoms with Crippen molar-refractivity contribution in [1.82, 2.24) is 9.62 Å². The van der Waals surface area contributed by atoms with Crippen LogP contribution in [0.1, 0.15) is 40.5 Å². The van der Waals surface area contributed by atoms with Crippen LogP contribution in [0.15, 0.2) is 0 Å². The maximum absolute atomic E-state index is 12.2. The zero-order valence-electron chi connectivity index (χ0n) is 13.3. The van der Waals surface area contributed by atoms with Crippen molar-refractivity contribution in [3.05, 3.63) is 0 Å². The van der Waals surface area contributed by atoms with Crippen molar-refractivity contribution in [3.8, 4) is 0 Å². The fourth-order valence-electron chi connectivity index (χ4n) is 2.31. The minimum Gasteiger partial charge on any atom is -0.378 e. The second-order valence-corrected chi connectivity index (χ2v) is 8.23. The van der Waals surface area contributed by atoms with Gasteiger partial charge in [-0.15, -0.1) is 0 Å². The molecule has 6 heteroatoms. The molecule has 0 radical (unpaired) electrons. The SMILES string of the molecule is CC(C)NCC1CCN(S(=O)(=O)CCOC(C)C)CC1. The Labute approximate surface area is 124 Å². The van der Waals surface area contributed by atoms with Gasteiger partial charge >= 0.3 is 0 Å². The van der Waals surface area contributed by atoms with E-state index in [1.54, 1.807) is 4.31 Å². The minimum atomic E-state index is -3.15. The van der Waals surface area contributed by atoms with Crippen molar-refractivity contribution < 1.29 is 13.2 Å². The summed E-state index contributed by atoms with van der Waals surface area (Å²) in [6.45, 7) is 10.7. The largest absolute Gasteiger partial charge is 0.378 e. The summed E-state index contributed by atoms with van der Waals surface area (Å²) in [6.07, 6.45) is 1.98. The zero-order chi connectivity index (χ0) is 15.2. The third kappa shape index (κ3) is 6.52. The molecule has 0 atom stereocenters. The first-order chi connectivity index (χ1) is 9.31. The summed E-state index contributed by atoms with van der Waals surface area (Å²) in [5.41, 5.74) is 0. The van der Waals surface area contributed by atoms with E-state index in [0.717, 1.165) is 19.4 Å². The Morgan fingerprint density at radius 1 is 1.20 bits per heavy atom. The zero-order valence-corrected chi connectivity index (χ0v) is 14.1. The van der Waals surface area contributed by atoms with Crippen molar-refractivity contribution in [3.63, 3.8) is 0 Å². The molecule has 120 valence electrons. The molecule has 5 nitrogen and oxygen atoms in total. The summed E-state index contributed by atoms with van der Waals surface area (Å²) in [5, 5.41) is 3.43. The summed E-state index contributed by atoms with van der Waals surface area (Å²) in [6, 6.07) is 0.491. The van der Waals surface area contributed by atoms with Crippen molar-refractivity contribution in [2.75, 3.05) is 32.0 Å². The number of sulfonamides is 1. The molecule has 20 heavy (non-hydrogen) atoms. The van der Waals surface area contributed by atoms with Crippen LogP contribution in [0, 0.1) is 5.92 Å². The number of rotatable bonds is 8. The average molecular weight is 306 g/mol. The number of piperidine rings is 1. The van der Waals surface area contributed by atoms with E-state index in [-0.39, 0.29) is 18.5 Å². The maximum Gasteiger partial charge on any atom is 0.216 e. The van der Waals surface area contributed by atoms with Crippen LogP contribution in [0.4, 0.5) is 0 Å². The molecule has 0 spiro atoms. The number of ether oxygens (including phenoxy) is 1.